The first-order chi connectivity index (χ1) is 11.0. The maximum absolute atomic E-state index is 12.7. The fraction of sp³-hybridized carbons (Fsp3) is 0.500. The quantitative estimate of drug-likeness (QED) is 0.697. The first kappa shape index (κ1) is 20.6. The third kappa shape index (κ3) is 5.29. The molecular weight excluding hydrogens is 348 g/mol. The standard InChI is InChI=1S/C16H24N4O2S.ClH/c1-23-8-7-14(19-16(18)22)15(21)20-9-12(13(17)10-20)11-5-3-2-4-6-11;/h2-6,12-14H,7-10,17H2,1H3,(H3,18,19,22);1H/t12-,13+,14?;/m0./s1. The molecule has 134 valence electrons. The normalized spacial score (nSPS) is 21.0. The summed E-state index contributed by atoms with van der Waals surface area (Å²) in [5.41, 5.74) is 12.6. The Hall–Kier alpha value is -1.44. The van der Waals surface area contributed by atoms with Crippen molar-refractivity contribution in [1.82, 2.24) is 10.2 Å². The summed E-state index contributed by atoms with van der Waals surface area (Å²) in [6.45, 7) is 1.06. The van der Waals surface area contributed by atoms with Crippen LogP contribution in [0.2, 0.25) is 0 Å². The largest absolute Gasteiger partial charge is 0.352 e. The number of urea groups is 1. The van der Waals surface area contributed by atoms with Crippen LogP contribution in [-0.4, -0.2) is 54.0 Å². The van der Waals surface area contributed by atoms with Crippen LogP contribution < -0.4 is 16.8 Å². The number of nitrogens with two attached hydrogens (primary N) is 2. The third-order valence-corrected chi connectivity index (χ3v) is 4.77. The highest BCUT2D eigenvalue weighted by Gasteiger charge is 2.36. The second-order valence-corrected chi connectivity index (χ2v) is 6.75. The van der Waals surface area contributed by atoms with Gasteiger partial charge in [0.25, 0.3) is 0 Å². The van der Waals surface area contributed by atoms with Crippen LogP contribution in [-0.2, 0) is 4.79 Å². The number of benzene rings is 1. The second kappa shape index (κ2) is 9.76. The average molecular weight is 373 g/mol. The molecule has 0 bridgehead atoms. The summed E-state index contributed by atoms with van der Waals surface area (Å²) in [6.07, 6.45) is 2.52. The number of hydrogen-bond acceptors (Lipinski definition) is 4. The molecule has 1 aromatic rings. The fourth-order valence-electron chi connectivity index (χ4n) is 2.95. The van der Waals surface area contributed by atoms with E-state index in [0.717, 1.165) is 11.3 Å². The second-order valence-electron chi connectivity index (χ2n) is 5.77. The number of thioether (sulfide) groups is 1. The highest BCUT2D eigenvalue weighted by Crippen LogP contribution is 2.27. The van der Waals surface area contributed by atoms with E-state index in [0.29, 0.717) is 19.5 Å². The van der Waals surface area contributed by atoms with Crippen molar-refractivity contribution in [3.8, 4) is 0 Å². The lowest BCUT2D eigenvalue weighted by molar-refractivity contribution is -0.132. The Morgan fingerprint density at radius 3 is 2.58 bits per heavy atom. The van der Waals surface area contributed by atoms with Crippen molar-refractivity contribution in [2.75, 3.05) is 25.1 Å². The van der Waals surface area contributed by atoms with E-state index in [2.05, 4.69) is 5.32 Å². The smallest absolute Gasteiger partial charge is 0.312 e. The molecule has 1 aromatic carbocycles. The number of halogens is 1. The highest BCUT2D eigenvalue weighted by atomic mass is 35.5. The molecule has 6 nitrogen and oxygen atoms in total. The van der Waals surface area contributed by atoms with Crippen LogP contribution in [0.5, 0.6) is 0 Å². The Balaban J connectivity index is 0.00000288. The minimum absolute atomic E-state index is 0. The molecule has 1 aliphatic heterocycles. The van der Waals surface area contributed by atoms with E-state index in [1.165, 1.54) is 0 Å². The number of nitrogens with one attached hydrogen (secondary N) is 1. The Labute approximate surface area is 153 Å². The van der Waals surface area contributed by atoms with Crippen LogP contribution in [0.25, 0.3) is 0 Å². The van der Waals surface area contributed by atoms with Crippen LogP contribution >= 0.6 is 24.2 Å². The van der Waals surface area contributed by atoms with Gasteiger partial charge in [-0.15, -0.1) is 12.4 Å². The predicted molar refractivity (Wildman–Crippen MR) is 100 cm³/mol. The molecule has 5 N–H and O–H groups in total. The van der Waals surface area contributed by atoms with Gasteiger partial charge in [0.15, 0.2) is 0 Å². The number of likely N-dealkylation sites (tertiary alicyclic amines) is 1. The van der Waals surface area contributed by atoms with E-state index in [4.69, 9.17) is 11.5 Å². The predicted octanol–water partition coefficient (Wildman–Crippen LogP) is 1.15. The first-order valence-electron chi connectivity index (χ1n) is 7.67. The summed E-state index contributed by atoms with van der Waals surface area (Å²) in [5, 5.41) is 2.55. The SMILES string of the molecule is CSCCC(NC(N)=O)C(=O)N1C[C@@H](N)[C@H](c2ccccc2)C1.Cl. The van der Waals surface area contributed by atoms with Gasteiger partial charge in [0.1, 0.15) is 6.04 Å². The van der Waals surface area contributed by atoms with Gasteiger partial charge < -0.3 is 21.7 Å². The van der Waals surface area contributed by atoms with Crippen molar-refractivity contribution < 1.29 is 9.59 Å². The van der Waals surface area contributed by atoms with Crippen LogP contribution in [0, 0.1) is 0 Å². The molecule has 3 atom stereocenters. The number of nitrogens with zero attached hydrogens (tertiary/aromatic N) is 1. The zero-order valence-corrected chi connectivity index (χ0v) is 15.3. The number of primary amides is 1. The molecule has 0 spiro atoms. The number of rotatable bonds is 6. The van der Waals surface area contributed by atoms with E-state index >= 15 is 0 Å². The van der Waals surface area contributed by atoms with Gasteiger partial charge in [-0.3, -0.25) is 4.79 Å². The molecule has 1 fully saturated rings. The number of amides is 3. The Morgan fingerprint density at radius 2 is 2.00 bits per heavy atom. The molecule has 8 heteroatoms. The molecule has 1 unspecified atom stereocenters. The molecule has 0 saturated carbocycles. The summed E-state index contributed by atoms with van der Waals surface area (Å²) >= 11 is 1.63. The molecule has 0 radical (unpaired) electrons. The molecule has 1 saturated heterocycles. The summed E-state index contributed by atoms with van der Waals surface area (Å²) in [6, 6.07) is 8.62. The average Bonchev–Trinajstić information content (AvgIpc) is 2.93. The van der Waals surface area contributed by atoms with Crippen LogP contribution in [0.15, 0.2) is 30.3 Å². The zero-order valence-electron chi connectivity index (χ0n) is 13.7. The van der Waals surface area contributed by atoms with Crippen LogP contribution in [0.3, 0.4) is 0 Å². The minimum Gasteiger partial charge on any atom is -0.352 e. The van der Waals surface area contributed by atoms with Gasteiger partial charge in [-0.2, -0.15) is 11.8 Å². The van der Waals surface area contributed by atoms with Crippen molar-refractivity contribution >= 4 is 36.1 Å². The Kier molecular flexibility index (Phi) is 8.38. The van der Waals surface area contributed by atoms with Crippen molar-refractivity contribution in [3.05, 3.63) is 35.9 Å². The monoisotopic (exact) mass is 372 g/mol. The third-order valence-electron chi connectivity index (χ3n) is 4.13. The molecule has 1 heterocycles. The minimum atomic E-state index is -0.674. The van der Waals surface area contributed by atoms with Gasteiger partial charge in [-0.05, 0) is 24.0 Å². The maximum atomic E-state index is 12.7. The van der Waals surface area contributed by atoms with Gasteiger partial charge in [0, 0.05) is 25.0 Å². The summed E-state index contributed by atoms with van der Waals surface area (Å²) < 4.78 is 0. The Bertz CT molecular complexity index is 546. The summed E-state index contributed by atoms with van der Waals surface area (Å²) in [7, 11) is 0. The molecule has 24 heavy (non-hydrogen) atoms. The topological polar surface area (TPSA) is 101 Å². The number of hydrogen-bond donors (Lipinski definition) is 3. The number of carbonyl (C=O) groups excluding carboxylic acids is 2. The Morgan fingerprint density at radius 1 is 1.33 bits per heavy atom. The van der Waals surface area contributed by atoms with Gasteiger partial charge in [-0.1, -0.05) is 30.3 Å². The van der Waals surface area contributed by atoms with E-state index < -0.39 is 12.1 Å². The van der Waals surface area contributed by atoms with Gasteiger partial charge in [0.05, 0.1) is 0 Å². The summed E-state index contributed by atoms with van der Waals surface area (Å²) in [4.78, 5) is 25.6. The van der Waals surface area contributed by atoms with Gasteiger partial charge in [0.2, 0.25) is 5.91 Å². The van der Waals surface area contributed by atoms with Crippen molar-refractivity contribution in [2.45, 2.75) is 24.4 Å². The lowest BCUT2D eigenvalue weighted by Crippen LogP contribution is -2.50. The molecule has 3 amide bonds. The summed E-state index contributed by atoms with van der Waals surface area (Å²) in [5.74, 6) is 0.792. The molecule has 0 aliphatic carbocycles. The van der Waals surface area contributed by atoms with Gasteiger partial charge in [-0.25, -0.2) is 4.79 Å². The molecule has 1 aliphatic rings. The van der Waals surface area contributed by atoms with E-state index in [1.807, 2.05) is 36.6 Å². The number of carbonyl (C=O) groups is 2. The van der Waals surface area contributed by atoms with E-state index in [-0.39, 0.29) is 30.3 Å². The lowest BCUT2D eigenvalue weighted by Gasteiger charge is -2.23. The first-order valence-corrected chi connectivity index (χ1v) is 9.06. The van der Waals surface area contributed by atoms with Crippen LogP contribution in [0.4, 0.5) is 4.79 Å². The zero-order chi connectivity index (χ0) is 16.8. The fourth-order valence-corrected chi connectivity index (χ4v) is 3.42. The molecular formula is C16H25ClN4O2S. The van der Waals surface area contributed by atoms with Crippen LogP contribution in [0.1, 0.15) is 17.9 Å². The van der Waals surface area contributed by atoms with E-state index in [9.17, 15) is 9.59 Å². The lowest BCUT2D eigenvalue weighted by atomic mass is 9.95. The van der Waals surface area contributed by atoms with Crippen molar-refractivity contribution in [3.63, 3.8) is 0 Å². The van der Waals surface area contributed by atoms with E-state index in [1.54, 1.807) is 16.7 Å². The maximum Gasteiger partial charge on any atom is 0.312 e. The highest BCUT2D eigenvalue weighted by molar-refractivity contribution is 7.98. The molecule has 0 aromatic heterocycles. The van der Waals surface area contributed by atoms with Crippen molar-refractivity contribution in [1.29, 1.82) is 0 Å². The van der Waals surface area contributed by atoms with Gasteiger partial charge >= 0.3 is 6.03 Å². The van der Waals surface area contributed by atoms with Crippen molar-refractivity contribution in [2.24, 2.45) is 11.5 Å². The molecule has 2 rings (SSSR count).